The summed E-state index contributed by atoms with van der Waals surface area (Å²) in [5.74, 6) is 0.0457. The smallest absolute Gasteiger partial charge is 0.220 e. The fourth-order valence-corrected chi connectivity index (χ4v) is 3.07. The van der Waals surface area contributed by atoms with E-state index in [-0.39, 0.29) is 43.1 Å². The molecule has 1 aromatic heterocycles. The SMILES string of the molecule is Cc1ccc(C(=O)CCC(=O)N[C@@H]2C=C[C@H](CO)C2)s1. The molecule has 5 heteroatoms. The zero-order chi connectivity index (χ0) is 14.5. The van der Waals surface area contributed by atoms with E-state index in [0.29, 0.717) is 0 Å². The number of aliphatic hydroxyl groups excluding tert-OH is 1. The van der Waals surface area contributed by atoms with Crippen LogP contribution in [0.4, 0.5) is 0 Å². The topological polar surface area (TPSA) is 66.4 Å². The lowest BCUT2D eigenvalue weighted by molar-refractivity contribution is -0.121. The maximum Gasteiger partial charge on any atom is 0.220 e. The standard InChI is InChI=1S/C15H19NO3S/c1-10-2-6-14(20-10)13(18)5-7-15(19)16-12-4-3-11(8-12)9-17/h2-4,6,11-12,17H,5,7-9H2,1H3,(H,16,19)/t11-,12+/m0/s1. The molecule has 0 saturated carbocycles. The monoisotopic (exact) mass is 293 g/mol. The predicted molar refractivity (Wildman–Crippen MR) is 78.9 cm³/mol. The van der Waals surface area contributed by atoms with Crippen LogP contribution in [0.5, 0.6) is 0 Å². The van der Waals surface area contributed by atoms with E-state index in [1.807, 2.05) is 31.2 Å². The summed E-state index contributed by atoms with van der Waals surface area (Å²) in [6, 6.07) is 3.71. The van der Waals surface area contributed by atoms with E-state index in [1.54, 1.807) is 0 Å². The van der Waals surface area contributed by atoms with E-state index in [0.717, 1.165) is 16.2 Å². The molecular weight excluding hydrogens is 274 g/mol. The zero-order valence-electron chi connectivity index (χ0n) is 11.5. The maximum atomic E-state index is 11.9. The van der Waals surface area contributed by atoms with Crippen molar-refractivity contribution in [3.05, 3.63) is 34.0 Å². The van der Waals surface area contributed by atoms with Crippen molar-refractivity contribution in [3.8, 4) is 0 Å². The molecule has 0 fully saturated rings. The van der Waals surface area contributed by atoms with Gasteiger partial charge in [0.05, 0.1) is 4.88 Å². The summed E-state index contributed by atoms with van der Waals surface area (Å²) in [6.45, 7) is 2.07. The number of aryl methyl sites for hydroxylation is 1. The van der Waals surface area contributed by atoms with Crippen LogP contribution >= 0.6 is 11.3 Å². The number of carbonyl (C=O) groups excluding carboxylic acids is 2. The van der Waals surface area contributed by atoms with Crippen molar-refractivity contribution in [1.29, 1.82) is 0 Å². The minimum Gasteiger partial charge on any atom is -0.396 e. The highest BCUT2D eigenvalue weighted by molar-refractivity contribution is 7.14. The number of hydrogen-bond donors (Lipinski definition) is 2. The lowest BCUT2D eigenvalue weighted by Gasteiger charge is -2.12. The molecule has 0 bridgehead atoms. The maximum absolute atomic E-state index is 11.9. The summed E-state index contributed by atoms with van der Waals surface area (Å²) in [6.07, 6.45) is 5.02. The van der Waals surface area contributed by atoms with Gasteiger partial charge in [-0.2, -0.15) is 0 Å². The lowest BCUT2D eigenvalue weighted by atomic mass is 10.1. The Morgan fingerprint density at radius 3 is 2.75 bits per heavy atom. The molecule has 1 aliphatic carbocycles. The van der Waals surface area contributed by atoms with Gasteiger partial charge in [0.15, 0.2) is 5.78 Å². The number of ketones is 1. The summed E-state index contributed by atoms with van der Waals surface area (Å²) in [5, 5.41) is 11.9. The number of rotatable bonds is 6. The summed E-state index contributed by atoms with van der Waals surface area (Å²) >= 11 is 1.46. The third-order valence-corrected chi connectivity index (χ3v) is 4.39. The Morgan fingerprint density at radius 2 is 2.15 bits per heavy atom. The highest BCUT2D eigenvalue weighted by atomic mass is 32.1. The molecule has 0 saturated heterocycles. The van der Waals surface area contributed by atoms with Crippen LogP contribution in [0.2, 0.25) is 0 Å². The molecule has 1 heterocycles. The summed E-state index contributed by atoms with van der Waals surface area (Å²) in [7, 11) is 0. The van der Waals surface area contributed by atoms with E-state index >= 15 is 0 Å². The van der Waals surface area contributed by atoms with Crippen LogP contribution < -0.4 is 5.32 Å². The van der Waals surface area contributed by atoms with Gasteiger partial charge in [0.25, 0.3) is 0 Å². The average Bonchev–Trinajstić information content (AvgIpc) is 3.05. The molecule has 0 aromatic carbocycles. The Balaban J connectivity index is 1.73. The van der Waals surface area contributed by atoms with E-state index in [9.17, 15) is 9.59 Å². The fourth-order valence-electron chi connectivity index (χ4n) is 2.23. The first-order chi connectivity index (χ1) is 9.58. The molecule has 2 atom stereocenters. The quantitative estimate of drug-likeness (QED) is 0.623. The van der Waals surface area contributed by atoms with Crippen molar-refractivity contribution in [2.45, 2.75) is 32.2 Å². The first-order valence-electron chi connectivity index (χ1n) is 6.76. The number of aliphatic hydroxyl groups is 1. The van der Waals surface area contributed by atoms with Gasteiger partial charge in [-0.3, -0.25) is 9.59 Å². The molecule has 4 nitrogen and oxygen atoms in total. The Labute approximate surface area is 122 Å². The van der Waals surface area contributed by atoms with Crippen LogP contribution in [-0.4, -0.2) is 29.4 Å². The zero-order valence-corrected chi connectivity index (χ0v) is 12.3. The van der Waals surface area contributed by atoms with Crippen molar-refractivity contribution in [1.82, 2.24) is 5.32 Å². The van der Waals surface area contributed by atoms with Gasteiger partial charge in [-0.15, -0.1) is 11.3 Å². The number of Topliss-reactive ketones (excluding diaryl/α,β-unsaturated/α-hetero) is 1. The minimum absolute atomic E-state index is 0.0151. The van der Waals surface area contributed by atoms with Gasteiger partial charge in [-0.25, -0.2) is 0 Å². The molecule has 0 radical (unpaired) electrons. The van der Waals surface area contributed by atoms with Crippen molar-refractivity contribution in [3.63, 3.8) is 0 Å². The van der Waals surface area contributed by atoms with Gasteiger partial charge < -0.3 is 10.4 Å². The fraction of sp³-hybridized carbons (Fsp3) is 0.467. The number of carbonyl (C=O) groups is 2. The Kier molecular flexibility index (Phi) is 5.09. The third kappa shape index (κ3) is 4.02. The first-order valence-corrected chi connectivity index (χ1v) is 7.58. The molecule has 1 aromatic rings. The molecule has 2 rings (SSSR count). The van der Waals surface area contributed by atoms with Crippen LogP contribution in [0.1, 0.15) is 33.8 Å². The van der Waals surface area contributed by atoms with Crippen molar-refractivity contribution in [2.24, 2.45) is 5.92 Å². The van der Waals surface area contributed by atoms with E-state index in [2.05, 4.69) is 5.32 Å². The van der Waals surface area contributed by atoms with Crippen LogP contribution in [-0.2, 0) is 4.79 Å². The molecular formula is C15H19NO3S. The molecule has 1 amide bonds. The minimum atomic E-state index is -0.111. The lowest BCUT2D eigenvalue weighted by Crippen LogP contribution is -2.33. The Morgan fingerprint density at radius 1 is 1.35 bits per heavy atom. The van der Waals surface area contributed by atoms with E-state index in [1.165, 1.54) is 11.3 Å². The second-order valence-corrected chi connectivity index (χ2v) is 6.36. The average molecular weight is 293 g/mol. The van der Waals surface area contributed by atoms with Crippen LogP contribution in [0.3, 0.4) is 0 Å². The largest absolute Gasteiger partial charge is 0.396 e. The molecule has 2 N–H and O–H groups in total. The second-order valence-electron chi connectivity index (χ2n) is 5.07. The molecule has 20 heavy (non-hydrogen) atoms. The summed E-state index contributed by atoms with van der Waals surface area (Å²) in [5.41, 5.74) is 0. The van der Waals surface area contributed by atoms with Crippen molar-refractivity contribution in [2.75, 3.05) is 6.61 Å². The number of amides is 1. The predicted octanol–water partition coefficient (Wildman–Crippen LogP) is 2.07. The van der Waals surface area contributed by atoms with E-state index in [4.69, 9.17) is 5.11 Å². The van der Waals surface area contributed by atoms with Crippen molar-refractivity contribution < 1.29 is 14.7 Å². The highest BCUT2D eigenvalue weighted by Crippen LogP contribution is 2.19. The van der Waals surface area contributed by atoms with Gasteiger partial charge in [-0.1, -0.05) is 12.2 Å². The van der Waals surface area contributed by atoms with Gasteiger partial charge in [0.2, 0.25) is 5.91 Å². The number of hydrogen-bond acceptors (Lipinski definition) is 4. The number of thiophene rings is 1. The van der Waals surface area contributed by atoms with Gasteiger partial charge in [-0.05, 0) is 25.5 Å². The Hall–Kier alpha value is -1.46. The van der Waals surface area contributed by atoms with Gasteiger partial charge >= 0.3 is 0 Å². The normalized spacial score (nSPS) is 21.1. The molecule has 0 aliphatic heterocycles. The highest BCUT2D eigenvalue weighted by Gasteiger charge is 2.20. The summed E-state index contributed by atoms with van der Waals surface area (Å²) < 4.78 is 0. The van der Waals surface area contributed by atoms with Gasteiger partial charge in [0.1, 0.15) is 0 Å². The van der Waals surface area contributed by atoms with Crippen molar-refractivity contribution >= 4 is 23.0 Å². The van der Waals surface area contributed by atoms with Crippen LogP contribution in [0.25, 0.3) is 0 Å². The summed E-state index contributed by atoms with van der Waals surface area (Å²) in [4.78, 5) is 25.5. The molecule has 0 unspecified atom stereocenters. The second kappa shape index (κ2) is 6.81. The number of nitrogens with one attached hydrogen (secondary N) is 1. The first kappa shape index (κ1) is 14.9. The van der Waals surface area contributed by atoms with Crippen LogP contribution in [0.15, 0.2) is 24.3 Å². The van der Waals surface area contributed by atoms with E-state index < -0.39 is 0 Å². The molecule has 1 aliphatic rings. The Bertz CT molecular complexity index is 521. The van der Waals surface area contributed by atoms with Crippen LogP contribution in [0, 0.1) is 12.8 Å². The molecule has 0 spiro atoms. The van der Waals surface area contributed by atoms with Gasteiger partial charge in [0, 0.05) is 36.3 Å². The molecule has 108 valence electrons. The third-order valence-electron chi connectivity index (χ3n) is 3.35.